The van der Waals surface area contributed by atoms with Crippen LogP contribution in [0.15, 0.2) is 10.8 Å². The third-order valence-corrected chi connectivity index (χ3v) is 2.67. The van der Waals surface area contributed by atoms with Crippen LogP contribution in [0.5, 0.6) is 0 Å². The lowest BCUT2D eigenvalue weighted by Gasteiger charge is -2.25. The van der Waals surface area contributed by atoms with Crippen molar-refractivity contribution >= 4 is 33.5 Å². The maximum absolute atomic E-state index is 10.9. The summed E-state index contributed by atoms with van der Waals surface area (Å²) in [5.41, 5.74) is 10.3. The molecule has 1 rings (SSSR count). The molecule has 0 aliphatic carbocycles. The molecule has 7 heteroatoms. The fourth-order valence-electron chi connectivity index (χ4n) is 1.27. The summed E-state index contributed by atoms with van der Waals surface area (Å²) in [4.78, 5) is 18.7. The van der Waals surface area contributed by atoms with Gasteiger partial charge in [0.05, 0.1) is 0 Å². The highest BCUT2D eigenvalue weighted by Gasteiger charge is 2.22. The van der Waals surface area contributed by atoms with E-state index in [-0.39, 0.29) is 12.3 Å². The normalized spacial score (nSPS) is 11.2. The topological polar surface area (TPSA) is 107 Å². The van der Waals surface area contributed by atoms with Gasteiger partial charge in [0.2, 0.25) is 5.91 Å². The first-order valence-corrected chi connectivity index (χ1v) is 5.43. The van der Waals surface area contributed by atoms with Crippen LogP contribution in [-0.2, 0) is 4.79 Å². The van der Waals surface area contributed by atoms with E-state index in [4.69, 9.17) is 11.5 Å². The van der Waals surface area contributed by atoms with Gasteiger partial charge < -0.3 is 16.8 Å². The first kappa shape index (κ1) is 12.7. The van der Waals surface area contributed by atoms with Crippen molar-refractivity contribution in [1.29, 1.82) is 0 Å². The Balaban J connectivity index is 2.87. The minimum atomic E-state index is -0.491. The van der Waals surface area contributed by atoms with E-state index in [1.54, 1.807) is 0 Å². The van der Waals surface area contributed by atoms with Crippen molar-refractivity contribution < 1.29 is 4.79 Å². The number of nitrogens with two attached hydrogens (primary N) is 2. The summed E-state index contributed by atoms with van der Waals surface area (Å²) in [6, 6.07) is 0. The molecule has 6 nitrogen and oxygen atoms in total. The number of nitrogens with one attached hydrogen (secondary N) is 1. The maximum atomic E-state index is 10.9. The Morgan fingerprint density at radius 2 is 2.19 bits per heavy atom. The van der Waals surface area contributed by atoms with E-state index < -0.39 is 5.54 Å². The molecule has 0 fully saturated rings. The van der Waals surface area contributed by atoms with Gasteiger partial charge in [-0.2, -0.15) is 0 Å². The Hall–Kier alpha value is -1.37. The molecular formula is C9H14BrN5O. The van der Waals surface area contributed by atoms with Crippen molar-refractivity contribution in [3.63, 3.8) is 0 Å². The lowest BCUT2D eigenvalue weighted by Crippen LogP contribution is -2.36. The van der Waals surface area contributed by atoms with Gasteiger partial charge in [0, 0.05) is 12.0 Å². The number of anilines is 2. The van der Waals surface area contributed by atoms with E-state index in [0.717, 1.165) is 0 Å². The minimum Gasteiger partial charge on any atom is -0.383 e. The van der Waals surface area contributed by atoms with Gasteiger partial charge in [-0.1, -0.05) is 0 Å². The standard InChI is InChI=1S/C9H14BrN5O/c1-9(2,3-5(11)16)15-8-6(10)7(12)13-4-14-8/h4H,3H2,1-2H3,(H2,11,16)(H3,12,13,14,15). The van der Waals surface area contributed by atoms with E-state index >= 15 is 0 Å². The number of halogens is 1. The van der Waals surface area contributed by atoms with Crippen molar-refractivity contribution in [1.82, 2.24) is 9.97 Å². The lowest BCUT2D eigenvalue weighted by molar-refractivity contribution is -0.118. The van der Waals surface area contributed by atoms with Gasteiger partial charge in [-0.05, 0) is 29.8 Å². The summed E-state index contributed by atoms with van der Waals surface area (Å²) in [6.07, 6.45) is 1.55. The Morgan fingerprint density at radius 3 is 2.75 bits per heavy atom. The van der Waals surface area contributed by atoms with Crippen LogP contribution >= 0.6 is 15.9 Å². The number of carbonyl (C=O) groups is 1. The van der Waals surface area contributed by atoms with Crippen molar-refractivity contribution in [2.24, 2.45) is 5.73 Å². The molecule has 1 amide bonds. The monoisotopic (exact) mass is 287 g/mol. The number of carbonyl (C=O) groups excluding carboxylic acids is 1. The van der Waals surface area contributed by atoms with Gasteiger partial charge in [-0.3, -0.25) is 4.79 Å². The zero-order valence-corrected chi connectivity index (χ0v) is 10.7. The Morgan fingerprint density at radius 1 is 1.56 bits per heavy atom. The number of aromatic nitrogens is 2. The zero-order chi connectivity index (χ0) is 12.3. The molecule has 1 aromatic heterocycles. The molecule has 0 saturated carbocycles. The molecule has 0 bridgehead atoms. The Labute approximate surface area is 102 Å². The minimum absolute atomic E-state index is 0.198. The average Bonchev–Trinajstić information content (AvgIpc) is 2.10. The van der Waals surface area contributed by atoms with Crippen molar-refractivity contribution in [3.8, 4) is 0 Å². The molecule has 88 valence electrons. The molecule has 0 atom stereocenters. The largest absolute Gasteiger partial charge is 0.383 e. The second kappa shape index (κ2) is 4.65. The van der Waals surface area contributed by atoms with Crippen molar-refractivity contribution in [2.45, 2.75) is 25.8 Å². The average molecular weight is 288 g/mol. The number of hydrogen-bond donors (Lipinski definition) is 3. The molecular weight excluding hydrogens is 274 g/mol. The molecule has 0 aliphatic heterocycles. The van der Waals surface area contributed by atoms with E-state index in [0.29, 0.717) is 16.1 Å². The highest BCUT2D eigenvalue weighted by molar-refractivity contribution is 9.10. The molecule has 0 aliphatic rings. The van der Waals surface area contributed by atoms with Crippen LogP contribution in [0.1, 0.15) is 20.3 Å². The summed E-state index contributed by atoms with van der Waals surface area (Å²) in [7, 11) is 0. The number of nitrogen functional groups attached to an aromatic ring is 1. The van der Waals surface area contributed by atoms with Gasteiger partial charge in [0.15, 0.2) is 0 Å². The first-order valence-electron chi connectivity index (χ1n) is 4.64. The molecule has 16 heavy (non-hydrogen) atoms. The first-order chi connectivity index (χ1) is 7.32. The van der Waals surface area contributed by atoms with Gasteiger partial charge in [0.25, 0.3) is 0 Å². The summed E-state index contributed by atoms with van der Waals surface area (Å²) in [5.74, 6) is 0.502. The fourth-order valence-corrected chi connectivity index (χ4v) is 1.57. The smallest absolute Gasteiger partial charge is 0.219 e. The van der Waals surface area contributed by atoms with Gasteiger partial charge >= 0.3 is 0 Å². The molecule has 1 heterocycles. The van der Waals surface area contributed by atoms with Crippen molar-refractivity contribution in [2.75, 3.05) is 11.1 Å². The Kier molecular flexibility index (Phi) is 3.69. The Bertz CT molecular complexity index is 407. The highest BCUT2D eigenvalue weighted by Crippen LogP contribution is 2.27. The molecule has 1 aromatic rings. The SMILES string of the molecule is CC(C)(CC(N)=O)Nc1ncnc(N)c1Br. The van der Waals surface area contributed by atoms with Crippen LogP contribution in [0.3, 0.4) is 0 Å². The van der Waals surface area contributed by atoms with E-state index in [1.807, 2.05) is 13.8 Å². The van der Waals surface area contributed by atoms with E-state index in [2.05, 4.69) is 31.2 Å². The number of primary amides is 1. The fraction of sp³-hybridized carbons (Fsp3) is 0.444. The van der Waals surface area contributed by atoms with Crippen molar-refractivity contribution in [3.05, 3.63) is 10.8 Å². The number of hydrogen-bond acceptors (Lipinski definition) is 5. The lowest BCUT2D eigenvalue weighted by atomic mass is 10.0. The van der Waals surface area contributed by atoms with Crippen LogP contribution in [0.2, 0.25) is 0 Å². The van der Waals surface area contributed by atoms with Crippen LogP contribution in [0, 0.1) is 0 Å². The summed E-state index contributed by atoms with van der Waals surface area (Å²) < 4.78 is 0.576. The van der Waals surface area contributed by atoms with Crippen LogP contribution in [-0.4, -0.2) is 21.4 Å². The van der Waals surface area contributed by atoms with Gasteiger partial charge in [0.1, 0.15) is 22.4 Å². The molecule has 5 N–H and O–H groups in total. The highest BCUT2D eigenvalue weighted by atomic mass is 79.9. The maximum Gasteiger partial charge on any atom is 0.219 e. The van der Waals surface area contributed by atoms with E-state index in [1.165, 1.54) is 6.33 Å². The van der Waals surface area contributed by atoms with Gasteiger partial charge in [-0.15, -0.1) is 0 Å². The molecule has 0 unspecified atom stereocenters. The van der Waals surface area contributed by atoms with Crippen LogP contribution in [0.25, 0.3) is 0 Å². The zero-order valence-electron chi connectivity index (χ0n) is 9.12. The third kappa shape index (κ3) is 3.34. The molecule has 0 spiro atoms. The predicted octanol–water partition coefficient (Wildman–Crippen LogP) is 0.887. The quantitative estimate of drug-likeness (QED) is 0.762. The molecule has 0 aromatic carbocycles. The third-order valence-electron chi connectivity index (χ3n) is 1.89. The van der Waals surface area contributed by atoms with Crippen LogP contribution < -0.4 is 16.8 Å². The number of amides is 1. The van der Waals surface area contributed by atoms with E-state index in [9.17, 15) is 4.79 Å². The summed E-state index contributed by atoms with van der Waals surface area (Å²) in [5, 5.41) is 3.08. The second-order valence-corrected chi connectivity index (χ2v) is 4.87. The van der Waals surface area contributed by atoms with Crippen LogP contribution in [0.4, 0.5) is 11.6 Å². The summed E-state index contributed by atoms with van der Waals surface area (Å²) >= 11 is 3.27. The molecule has 0 saturated heterocycles. The number of nitrogens with zero attached hydrogens (tertiary/aromatic N) is 2. The summed E-state index contributed by atoms with van der Waals surface area (Å²) in [6.45, 7) is 3.70. The molecule has 0 radical (unpaired) electrons. The predicted molar refractivity (Wildman–Crippen MR) is 65.7 cm³/mol. The number of rotatable bonds is 4. The van der Waals surface area contributed by atoms with Gasteiger partial charge in [-0.25, -0.2) is 9.97 Å². The second-order valence-electron chi connectivity index (χ2n) is 4.07.